The van der Waals surface area contributed by atoms with E-state index in [-0.39, 0.29) is 17.9 Å². The van der Waals surface area contributed by atoms with Gasteiger partial charge in [0.25, 0.3) is 0 Å². The minimum atomic E-state index is -0.0752. The van der Waals surface area contributed by atoms with Gasteiger partial charge >= 0.3 is 0 Å². The highest BCUT2D eigenvalue weighted by molar-refractivity contribution is 6.35. The monoisotopic (exact) mass is 287 g/mol. The third-order valence-electron chi connectivity index (χ3n) is 2.76. The van der Waals surface area contributed by atoms with Crippen LogP contribution < -0.4 is 5.32 Å². The first kappa shape index (κ1) is 15.3. The fraction of sp³-hybridized carbons (Fsp3) is 0.500. The lowest BCUT2D eigenvalue weighted by Crippen LogP contribution is -2.31. The van der Waals surface area contributed by atoms with Gasteiger partial charge in [0, 0.05) is 16.5 Å². The summed E-state index contributed by atoms with van der Waals surface area (Å²) in [4.78, 5) is 11.7. The predicted octanol–water partition coefficient (Wildman–Crippen LogP) is 4.61. The van der Waals surface area contributed by atoms with Crippen molar-refractivity contribution < 1.29 is 4.79 Å². The van der Waals surface area contributed by atoms with Gasteiger partial charge < -0.3 is 5.32 Å². The average molecular weight is 288 g/mol. The molecule has 0 aromatic heterocycles. The molecule has 0 radical (unpaired) electrons. The van der Waals surface area contributed by atoms with E-state index in [1.54, 1.807) is 12.1 Å². The molecular weight excluding hydrogens is 269 g/mol. The van der Waals surface area contributed by atoms with Crippen LogP contribution in [0.2, 0.25) is 10.0 Å². The largest absolute Gasteiger partial charge is 0.349 e. The molecule has 1 amide bonds. The molecule has 4 heteroatoms. The molecule has 1 aromatic rings. The van der Waals surface area contributed by atoms with Crippen molar-refractivity contribution in [1.29, 1.82) is 0 Å². The van der Waals surface area contributed by atoms with Crippen LogP contribution in [0.5, 0.6) is 0 Å². The number of hydrogen-bond acceptors (Lipinski definition) is 1. The Kier molecular flexibility index (Phi) is 5.97. The van der Waals surface area contributed by atoms with Crippen molar-refractivity contribution in [3.63, 3.8) is 0 Å². The normalized spacial score (nSPS) is 12.6. The van der Waals surface area contributed by atoms with E-state index in [1.165, 1.54) is 0 Å². The average Bonchev–Trinajstić information content (AvgIpc) is 2.27. The van der Waals surface area contributed by atoms with Gasteiger partial charge in [-0.2, -0.15) is 0 Å². The number of carbonyl (C=O) groups is 1. The molecule has 1 rings (SSSR count). The van der Waals surface area contributed by atoms with Crippen molar-refractivity contribution >= 4 is 29.1 Å². The lowest BCUT2D eigenvalue weighted by Gasteiger charge is -2.24. The van der Waals surface area contributed by atoms with Crippen molar-refractivity contribution in [2.45, 2.75) is 39.7 Å². The summed E-state index contributed by atoms with van der Waals surface area (Å²) in [6.07, 6.45) is 1.37. The maximum atomic E-state index is 11.7. The molecule has 1 atom stereocenters. The van der Waals surface area contributed by atoms with Crippen LogP contribution in [0.3, 0.4) is 0 Å². The predicted molar refractivity (Wildman–Crippen MR) is 77.1 cm³/mol. The lowest BCUT2D eigenvalue weighted by atomic mass is 9.95. The van der Waals surface area contributed by atoms with Gasteiger partial charge in [-0.1, -0.05) is 50.0 Å². The molecule has 2 nitrogen and oxygen atoms in total. The summed E-state index contributed by atoms with van der Waals surface area (Å²) in [6, 6.07) is 5.31. The maximum Gasteiger partial charge on any atom is 0.220 e. The zero-order valence-electron chi connectivity index (χ0n) is 11.0. The van der Waals surface area contributed by atoms with Crippen LogP contribution in [0.4, 0.5) is 0 Å². The zero-order chi connectivity index (χ0) is 13.7. The highest BCUT2D eigenvalue weighted by Gasteiger charge is 2.20. The van der Waals surface area contributed by atoms with Crippen molar-refractivity contribution in [3.8, 4) is 0 Å². The molecule has 0 spiro atoms. The third kappa shape index (κ3) is 4.18. The van der Waals surface area contributed by atoms with Crippen LogP contribution in [-0.4, -0.2) is 5.91 Å². The Morgan fingerprint density at radius 2 is 2.00 bits per heavy atom. The second-order valence-electron chi connectivity index (χ2n) is 4.71. The summed E-state index contributed by atoms with van der Waals surface area (Å²) < 4.78 is 0. The van der Waals surface area contributed by atoms with Gasteiger partial charge in [-0.3, -0.25) is 4.79 Å². The molecule has 1 unspecified atom stereocenters. The second kappa shape index (κ2) is 7.01. The Morgan fingerprint density at radius 3 is 2.50 bits per heavy atom. The maximum absolute atomic E-state index is 11.7. The van der Waals surface area contributed by atoms with Gasteiger partial charge in [0.2, 0.25) is 5.91 Å². The van der Waals surface area contributed by atoms with Crippen LogP contribution in [-0.2, 0) is 4.79 Å². The fourth-order valence-corrected chi connectivity index (χ4v) is 2.36. The van der Waals surface area contributed by atoms with E-state index in [9.17, 15) is 4.79 Å². The van der Waals surface area contributed by atoms with Gasteiger partial charge in [-0.05, 0) is 30.0 Å². The summed E-state index contributed by atoms with van der Waals surface area (Å²) in [7, 11) is 0. The molecule has 1 aromatic carbocycles. The summed E-state index contributed by atoms with van der Waals surface area (Å²) in [6.45, 7) is 6.10. The molecule has 0 fully saturated rings. The molecule has 0 bridgehead atoms. The topological polar surface area (TPSA) is 29.1 Å². The Hall–Kier alpha value is -0.730. The molecule has 1 N–H and O–H groups in total. The molecule has 0 aliphatic carbocycles. The summed E-state index contributed by atoms with van der Waals surface area (Å²) in [5.41, 5.74) is 0.917. The summed E-state index contributed by atoms with van der Waals surface area (Å²) >= 11 is 12.1. The molecule has 100 valence electrons. The third-order valence-corrected chi connectivity index (χ3v) is 3.32. The van der Waals surface area contributed by atoms with Gasteiger partial charge in [0.1, 0.15) is 0 Å². The summed E-state index contributed by atoms with van der Waals surface area (Å²) in [5, 5.41) is 4.23. The van der Waals surface area contributed by atoms with Crippen molar-refractivity contribution in [2.75, 3.05) is 0 Å². The number of carbonyl (C=O) groups excluding carboxylic acids is 1. The Balaban J connectivity index is 2.94. The van der Waals surface area contributed by atoms with E-state index in [1.807, 2.05) is 13.0 Å². The van der Waals surface area contributed by atoms with Gasteiger partial charge in [-0.15, -0.1) is 0 Å². The number of rotatable bonds is 5. The number of nitrogens with one attached hydrogen (secondary N) is 1. The van der Waals surface area contributed by atoms with Crippen molar-refractivity contribution in [1.82, 2.24) is 5.32 Å². The van der Waals surface area contributed by atoms with Crippen molar-refractivity contribution in [3.05, 3.63) is 33.8 Å². The number of benzene rings is 1. The molecule has 18 heavy (non-hydrogen) atoms. The van der Waals surface area contributed by atoms with E-state index < -0.39 is 0 Å². The van der Waals surface area contributed by atoms with Crippen LogP contribution >= 0.6 is 23.2 Å². The van der Waals surface area contributed by atoms with Gasteiger partial charge in [-0.25, -0.2) is 0 Å². The van der Waals surface area contributed by atoms with Crippen LogP contribution in [0.15, 0.2) is 18.2 Å². The minimum Gasteiger partial charge on any atom is -0.349 e. The van der Waals surface area contributed by atoms with E-state index in [4.69, 9.17) is 23.2 Å². The molecule has 0 saturated carbocycles. The molecule has 0 aliphatic heterocycles. The first-order valence-electron chi connectivity index (χ1n) is 6.20. The van der Waals surface area contributed by atoms with Gasteiger partial charge in [0.15, 0.2) is 0 Å². The lowest BCUT2D eigenvalue weighted by molar-refractivity contribution is -0.122. The van der Waals surface area contributed by atoms with E-state index in [2.05, 4.69) is 19.2 Å². The first-order valence-corrected chi connectivity index (χ1v) is 6.95. The van der Waals surface area contributed by atoms with Crippen LogP contribution in [0.25, 0.3) is 0 Å². The number of hydrogen-bond donors (Lipinski definition) is 1. The van der Waals surface area contributed by atoms with E-state index >= 15 is 0 Å². The SMILES string of the molecule is CCCC(=O)NC(c1ccc(Cl)cc1Cl)C(C)C. The highest BCUT2D eigenvalue weighted by atomic mass is 35.5. The number of amides is 1. The Morgan fingerprint density at radius 1 is 1.33 bits per heavy atom. The Bertz CT molecular complexity index is 418. The highest BCUT2D eigenvalue weighted by Crippen LogP contribution is 2.30. The van der Waals surface area contributed by atoms with Crippen molar-refractivity contribution in [2.24, 2.45) is 5.92 Å². The Labute approximate surface area is 119 Å². The van der Waals surface area contributed by atoms with Crippen LogP contribution in [0, 0.1) is 5.92 Å². The molecular formula is C14H19Cl2NO. The van der Waals surface area contributed by atoms with Crippen LogP contribution in [0.1, 0.15) is 45.2 Å². The second-order valence-corrected chi connectivity index (χ2v) is 5.55. The first-order chi connectivity index (χ1) is 8.45. The summed E-state index contributed by atoms with van der Waals surface area (Å²) in [5.74, 6) is 0.326. The molecule has 0 heterocycles. The van der Waals surface area contributed by atoms with Gasteiger partial charge in [0.05, 0.1) is 6.04 Å². The fourth-order valence-electron chi connectivity index (χ4n) is 1.83. The smallest absolute Gasteiger partial charge is 0.220 e. The van der Waals surface area contributed by atoms with E-state index in [0.29, 0.717) is 16.5 Å². The zero-order valence-corrected chi connectivity index (χ0v) is 12.5. The molecule has 0 aliphatic rings. The molecule has 0 saturated heterocycles. The van der Waals surface area contributed by atoms with E-state index in [0.717, 1.165) is 12.0 Å². The quantitative estimate of drug-likeness (QED) is 0.842. The number of halogens is 2. The standard InChI is InChI=1S/C14H19Cl2NO/c1-4-5-13(18)17-14(9(2)3)11-7-6-10(15)8-12(11)16/h6-9,14H,4-5H2,1-3H3,(H,17,18). The minimum absolute atomic E-state index is 0.0576.